The second-order valence-electron chi connectivity index (χ2n) is 3.21. The Labute approximate surface area is 81.7 Å². The molecule has 1 aromatic rings. The highest BCUT2D eigenvalue weighted by Crippen LogP contribution is 2.21. The Morgan fingerprint density at radius 1 is 1.21 bits per heavy atom. The molecule has 1 atom stereocenters. The molecule has 1 aliphatic heterocycles. The maximum absolute atomic E-state index is 11.7. The Bertz CT molecular complexity index is 395. The van der Waals surface area contributed by atoms with E-state index in [0.29, 0.717) is 17.5 Å². The number of ether oxygens (including phenoxy) is 1. The van der Waals surface area contributed by atoms with Gasteiger partial charge in [0.15, 0.2) is 6.10 Å². The Morgan fingerprint density at radius 2 is 1.86 bits per heavy atom. The fourth-order valence-electron chi connectivity index (χ4n) is 1.56. The molecule has 0 bridgehead atoms. The summed E-state index contributed by atoms with van der Waals surface area (Å²) in [5.74, 6) is -0.491. The van der Waals surface area contributed by atoms with E-state index in [4.69, 9.17) is 4.74 Å². The Hall–Kier alpha value is -1.64. The van der Waals surface area contributed by atoms with Gasteiger partial charge in [-0.3, -0.25) is 4.79 Å². The molecule has 2 rings (SSSR count). The Kier molecular flexibility index (Phi) is 2.08. The van der Waals surface area contributed by atoms with Crippen LogP contribution in [-0.2, 0) is 4.74 Å². The molecule has 0 aliphatic carbocycles. The Morgan fingerprint density at radius 3 is 2.50 bits per heavy atom. The third-order valence-corrected chi connectivity index (χ3v) is 2.32. The lowest BCUT2D eigenvalue weighted by Crippen LogP contribution is -2.33. The van der Waals surface area contributed by atoms with E-state index in [0.717, 1.165) is 0 Å². The van der Waals surface area contributed by atoms with Crippen LogP contribution >= 0.6 is 0 Å². The number of benzene rings is 1. The van der Waals surface area contributed by atoms with E-state index in [1.54, 1.807) is 24.3 Å². The average molecular weight is 190 g/mol. The third kappa shape index (κ3) is 1.21. The number of hydrogen-bond acceptors (Lipinski definition) is 3. The molecule has 0 radical (unpaired) electrons. The summed E-state index contributed by atoms with van der Waals surface area (Å²) in [6.45, 7) is 1.82. The van der Waals surface area contributed by atoms with E-state index in [9.17, 15) is 9.59 Å². The minimum Gasteiger partial charge on any atom is -0.450 e. The molecule has 0 fully saturated rings. The van der Waals surface area contributed by atoms with Crippen molar-refractivity contribution >= 4 is 11.8 Å². The van der Waals surface area contributed by atoms with Crippen LogP contribution in [-0.4, -0.2) is 17.9 Å². The van der Waals surface area contributed by atoms with Crippen LogP contribution in [0, 0.1) is 0 Å². The van der Waals surface area contributed by atoms with Crippen LogP contribution in [0.2, 0.25) is 0 Å². The predicted molar refractivity (Wildman–Crippen MR) is 50.3 cm³/mol. The van der Waals surface area contributed by atoms with Crippen molar-refractivity contribution in [3.63, 3.8) is 0 Å². The van der Waals surface area contributed by atoms with Gasteiger partial charge in [0.25, 0.3) is 0 Å². The molecule has 72 valence electrons. The maximum Gasteiger partial charge on any atom is 0.339 e. The summed E-state index contributed by atoms with van der Waals surface area (Å²) < 4.78 is 4.99. The first kappa shape index (κ1) is 8.94. The van der Waals surface area contributed by atoms with E-state index < -0.39 is 12.1 Å². The summed E-state index contributed by atoms with van der Waals surface area (Å²) in [4.78, 5) is 23.1. The summed E-state index contributed by atoms with van der Waals surface area (Å²) in [7, 11) is 0. The topological polar surface area (TPSA) is 43.4 Å². The van der Waals surface area contributed by atoms with Crippen LogP contribution in [0.25, 0.3) is 0 Å². The molecule has 3 heteroatoms. The molecular formula is C11H10O3. The van der Waals surface area contributed by atoms with Gasteiger partial charge in [-0.05, 0) is 12.5 Å². The van der Waals surface area contributed by atoms with Crippen molar-refractivity contribution in [3.8, 4) is 0 Å². The molecule has 1 heterocycles. The SMILES string of the molecule is CCC1OC(=O)c2ccccc2C1=O. The first-order chi connectivity index (χ1) is 6.74. The number of cyclic esters (lactones) is 1. The lowest BCUT2D eigenvalue weighted by molar-refractivity contribution is 0.0239. The fourth-order valence-corrected chi connectivity index (χ4v) is 1.56. The summed E-state index contributed by atoms with van der Waals surface area (Å²) in [5, 5.41) is 0. The number of rotatable bonds is 1. The van der Waals surface area contributed by atoms with Crippen molar-refractivity contribution in [2.24, 2.45) is 0 Å². The van der Waals surface area contributed by atoms with Crippen molar-refractivity contribution in [3.05, 3.63) is 35.4 Å². The minimum absolute atomic E-state index is 0.0947. The van der Waals surface area contributed by atoms with Crippen molar-refractivity contribution < 1.29 is 14.3 Å². The van der Waals surface area contributed by atoms with Gasteiger partial charge in [-0.1, -0.05) is 25.1 Å². The molecule has 14 heavy (non-hydrogen) atoms. The molecule has 0 saturated heterocycles. The highest BCUT2D eigenvalue weighted by molar-refractivity contribution is 6.12. The molecule has 0 saturated carbocycles. The standard InChI is InChI=1S/C11H10O3/c1-2-9-10(12)7-5-3-4-6-8(7)11(13)14-9/h3-6,9H,2H2,1H3. The summed E-state index contributed by atoms with van der Waals surface area (Å²) >= 11 is 0. The largest absolute Gasteiger partial charge is 0.450 e. The van der Waals surface area contributed by atoms with Crippen LogP contribution < -0.4 is 0 Å². The van der Waals surface area contributed by atoms with Gasteiger partial charge >= 0.3 is 5.97 Å². The number of fused-ring (bicyclic) bond motifs is 1. The molecule has 3 nitrogen and oxygen atoms in total. The van der Waals surface area contributed by atoms with E-state index in [1.807, 2.05) is 6.92 Å². The van der Waals surface area contributed by atoms with Gasteiger partial charge < -0.3 is 4.74 Å². The quantitative estimate of drug-likeness (QED) is 0.634. The van der Waals surface area contributed by atoms with Gasteiger partial charge in [-0.15, -0.1) is 0 Å². The smallest absolute Gasteiger partial charge is 0.339 e. The van der Waals surface area contributed by atoms with E-state index in [2.05, 4.69) is 0 Å². The molecular weight excluding hydrogens is 180 g/mol. The number of carbonyl (C=O) groups excluding carboxylic acids is 2. The van der Waals surface area contributed by atoms with Crippen LogP contribution in [0.3, 0.4) is 0 Å². The Balaban J connectivity index is 2.51. The first-order valence-corrected chi connectivity index (χ1v) is 4.58. The van der Waals surface area contributed by atoms with Gasteiger partial charge in [-0.2, -0.15) is 0 Å². The van der Waals surface area contributed by atoms with E-state index in [1.165, 1.54) is 0 Å². The maximum atomic E-state index is 11.7. The van der Waals surface area contributed by atoms with Crippen LogP contribution in [0.1, 0.15) is 34.1 Å². The van der Waals surface area contributed by atoms with Crippen LogP contribution in [0.5, 0.6) is 0 Å². The van der Waals surface area contributed by atoms with Crippen LogP contribution in [0.4, 0.5) is 0 Å². The van der Waals surface area contributed by atoms with Crippen molar-refractivity contribution in [1.82, 2.24) is 0 Å². The fraction of sp³-hybridized carbons (Fsp3) is 0.273. The van der Waals surface area contributed by atoms with E-state index in [-0.39, 0.29) is 5.78 Å². The molecule has 1 aromatic carbocycles. The van der Waals surface area contributed by atoms with E-state index >= 15 is 0 Å². The second kappa shape index (κ2) is 3.25. The normalized spacial score (nSPS) is 20.2. The summed E-state index contributed by atoms with van der Waals surface area (Å²) in [6.07, 6.45) is -0.0729. The molecule has 1 unspecified atom stereocenters. The highest BCUT2D eigenvalue weighted by Gasteiger charge is 2.32. The van der Waals surface area contributed by atoms with Gasteiger partial charge in [0.2, 0.25) is 5.78 Å². The van der Waals surface area contributed by atoms with Gasteiger partial charge in [0.1, 0.15) is 0 Å². The number of Topliss-reactive ketones (excluding diaryl/α,β-unsaturated/α-hetero) is 1. The number of ketones is 1. The lowest BCUT2D eigenvalue weighted by atomic mass is 9.96. The van der Waals surface area contributed by atoms with Crippen molar-refractivity contribution in [2.45, 2.75) is 19.4 Å². The van der Waals surface area contributed by atoms with Gasteiger partial charge in [-0.25, -0.2) is 4.79 Å². The third-order valence-electron chi connectivity index (χ3n) is 2.32. The lowest BCUT2D eigenvalue weighted by Gasteiger charge is -2.21. The zero-order valence-corrected chi connectivity index (χ0v) is 7.82. The highest BCUT2D eigenvalue weighted by atomic mass is 16.5. The molecule has 1 aliphatic rings. The summed E-state index contributed by atoms with van der Waals surface area (Å²) in [5.41, 5.74) is 0.859. The average Bonchev–Trinajstić information content (AvgIpc) is 2.23. The number of esters is 1. The number of hydrogen-bond donors (Lipinski definition) is 0. The number of carbonyl (C=O) groups is 2. The summed E-state index contributed by atoms with van der Waals surface area (Å²) in [6, 6.07) is 6.75. The zero-order valence-electron chi connectivity index (χ0n) is 7.82. The molecule has 0 amide bonds. The van der Waals surface area contributed by atoms with Crippen molar-refractivity contribution in [2.75, 3.05) is 0 Å². The predicted octanol–water partition coefficient (Wildman–Crippen LogP) is 1.82. The van der Waals surface area contributed by atoms with Gasteiger partial charge in [0.05, 0.1) is 5.56 Å². The zero-order chi connectivity index (χ0) is 10.1. The monoisotopic (exact) mass is 190 g/mol. The molecule has 0 spiro atoms. The second-order valence-corrected chi connectivity index (χ2v) is 3.21. The van der Waals surface area contributed by atoms with Crippen LogP contribution in [0.15, 0.2) is 24.3 Å². The molecule has 0 N–H and O–H groups in total. The van der Waals surface area contributed by atoms with Crippen molar-refractivity contribution in [1.29, 1.82) is 0 Å². The minimum atomic E-state index is -0.600. The van der Waals surface area contributed by atoms with Gasteiger partial charge in [0, 0.05) is 5.56 Å². The molecule has 0 aromatic heterocycles. The first-order valence-electron chi connectivity index (χ1n) is 4.58.